The highest BCUT2D eigenvalue weighted by Gasteiger charge is 2.50. The maximum Gasteiger partial charge on any atom is 0.311 e. The number of hydrogen-bond acceptors (Lipinski definition) is 14. The number of hydrogen-bond donors (Lipinski definition) is 8. The molecule has 3 aliphatic rings. The van der Waals surface area contributed by atoms with Crippen LogP contribution in [-0.2, 0) is 33.3 Å². The molecule has 2 fully saturated rings. The highest BCUT2D eigenvalue weighted by atomic mass is 16.7. The fraction of sp³-hybridized carbons (Fsp3) is 0.703. The average molecular weight is 740 g/mol. The molecular weight excluding hydrogens is 682 g/mol. The quantitative estimate of drug-likeness (QED) is 0.187. The SMILES string of the molecule is CCC1C(=O)O[C@H](C)C/C=C/C=C/C=C/C=C/[C@H](O[C@@H]2O[C@H](C)[C@@H](O)[C@H](N)[C@@H]2O)CC2O[C@](O)(CC(O)CCCC(=O)CC1O)C[C@H](O)[C@H]2C(=O)O. The van der Waals surface area contributed by atoms with Crippen LogP contribution in [0, 0.1) is 11.8 Å². The van der Waals surface area contributed by atoms with E-state index in [0.29, 0.717) is 6.42 Å². The lowest BCUT2D eigenvalue weighted by Crippen LogP contribution is -2.61. The average Bonchev–Trinajstić information content (AvgIpc) is 3.04. The van der Waals surface area contributed by atoms with Crippen molar-refractivity contribution in [2.24, 2.45) is 17.6 Å². The van der Waals surface area contributed by atoms with Crippen molar-refractivity contribution < 1.29 is 69.1 Å². The van der Waals surface area contributed by atoms with E-state index in [0.717, 1.165) is 0 Å². The zero-order chi connectivity index (χ0) is 38.6. The topological polar surface area (TPSA) is 256 Å². The molecule has 2 bridgehead atoms. The first-order valence-corrected chi connectivity index (χ1v) is 18.0. The number of ketones is 1. The molecule has 0 radical (unpaired) electrons. The number of rotatable bonds is 4. The van der Waals surface area contributed by atoms with Gasteiger partial charge in [-0.25, -0.2) is 0 Å². The van der Waals surface area contributed by atoms with Crippen molar-refractivity contribution >= 4 is 17.7 Å². The number of ether oxygens (including phenoxy) is 4. The summed E-state index contributed by atoms with van der Waals surface area (Å²) in [6.07, 6.45) is 1.33. The number of aliphatic hydroxyl groups is 6. The molecule has 2 saturated heterocycles. The fourth-order valence-electron chi connectivity index (χ4n) is 6.72. The van der Waals surface area contributed by atoms with Crippen LogP contribution in [0.3, 0.4) is 0 Å². The van der Waals surface area contributed by atoms with E-state index >= 15 is 0 Å². The first kappa shape index (κ1) is 43.6. The predicted molar refractivity (Wildman–Crippen MR) is 186 cm³/mol. The summed E-state index contributed by atoms with van der Waals surface area (Å²) in [5.74, 6) is -6.84. The van der Waals surface area contributed by atoms with Gasteiger partial charge in [-0.1, -0.05) is 55.5 Å². The summed E-state index contributed by atoms with van der Waals surface area (Å²) < 4.78 is 23.1. The van der Waals surface area contributed by atoms with Gasteiger partial charge in [0.05, 0.1) is 54.7 Å². The lowest BCUT2D eigenvalue weighted by Gasteiger charge is -2.45. The lowest BCUT2D eigenvalue weighted by atomic mass is 9.83. The number of aliphatic hydroxyl groups excluding tert-OH is 5. The van der Waals surface area contributed by atoms with Gasteiger partial charge in [-0.05, 0) is 33.1 Å². The van der Waals surface area contributed by atoms with Crippen LogP contribution in [0.1, 0.15) is 78.6 Å². The first-order valence-electron chi connectivity index (χ1n) is 18.0. The summed E-state index contributed by atoms with van der Waals surface area (Å²) >= 11 is 0. The Kier molecular flexibility index (Phi) is 17.2. The number of nitrogens with two attached hydrogens (primary N) is 1. The van der Waals surface area contributed by atoms with E-state index in [9.17, 15) is 50.1 Å². The second kappa shape index (κ2) is 20.6. The molecule has 0 aromatic rings. The van der Waals surface area contributed by atoms with Crippen LogP contribution < -0.4 is 5.73 Å². The molecule has 294 valence electrons. The van der Waals surface area contributed by atoms with E-state index < -0.39 is 110 Å². The molecular formula is C37H57NO14. The first-order chi connectivity index (χ1) is 24.5. The fourth-order valence-corrected chi connectivity index (χ4v) is 6.72. The maximum atomic E-state index is 12.8. The van der Waals surface area contributed by atoms with Crippen LogP contribution in [0.5, 0.6) is 0 Å². The zero-order valence-corrected chi connectivity index (χ0v) is 30.1. The third kappa shape index (κ3) is 12.9. The Morgan fingerprint density at radius 3 is 2.33 bits per heavy atom. The monoisotopic (exact) mass is 739 g/mol. The Bertz CT molecular complexity index is 1290. The Morgan fingerprint density at radius 2 is 1.65 bits per heavy atom. The number of carbonyl (C=O) groups excluding carboxylic acids is 2. The van der Waals surface area contributed by atoms with Crippen molar-refractivity contribution in [3.63, 3.8) is 0 Å². The van der Waals surface area contributed by atoms with E-state index in [1.807, 2.05) is 0 Å². The van der Waals surface area contributed by atoms with Gasteiger partial charge in [-0.15, -0.1) is 0 Å². The van der Waals surface area contributed by atoms with Gasteiger partial charge in [0.1, 0.15) is 23.9 Å². The number of cyclic esters (lactones) is 1. The summed E-state index contributed by atoms with van der Waals surface area (Å²) in [7, 11) is 0. The number of carboxylic acid groups (broad SMARTS) is 1. The van der Waals surface area contributed by atoms with Gasteiger partial charge < -0.3 is 60.4 Å². The summed E-state index contributed by atoms with van der Waals surface area (Å²) in [5, 5.41) is 74.8. The van der Waals surface area contributed by atoms with Crippen LogP contribution in [-0.4, -0.2) is 127 Å². The third-order valence-electron chi connectivity index (χ3n) is 9.66. The van der Waals surface area contributed by atoms with Crippen molar-refractivity contribution in [1.29, 1.82) is 0 Å². The lowest BCUT2D eigenvalue weighted by molar-refractivity contribution is -0.308. The van der Waals surface area contributed by atoms with Crippen LogP contribution in [0.15, 0.2) is 48.6 Å². The van der Waals surface area contributed by atoms with Gasteiger partial charge in [0, 0.05) is 38.5 Å². The number of fused-ring (bicyclic) bond motifs is 2. The van der Waals surface area contributed by atoms with E-state index in [1.165, 1.54) is 0 Å². The Labute approximate surface area is 304 Å². The Morgan fingerprint density at radius 1 is 0.981 bits per heavy atom. The van der Waals surface area contributed by atoms with Gasteiger partial charge in [0.15, 0.2) is 12.1 Å². The van der Waals surface area contributed by atoms with Gasteiger partial charge >= 0.3 is 11.9 Å². The number of carboxylic acids is 1. The Balaban J connectivity index is 1.88. The zero-order valence-electron chi connectivity index (χ0n) is 30.1. The van der Waals surface area contributed by atoms with Crippen molar-refractivity contribution in [2.75, 3.05) is 0 Å². The molecule has 15 nitrogen and oxygen atoms in total. The second-order valence-corrected chi connectivity index (χ2v) is 14.1. The second-order valence-electron chi connectivity index (χ2n) is 14.1. The molecule has 3 rings (SSSR count). The molecule has 0 aromatic heterocycles. The number of Topliss-reactive ketones (excluding diaryl/α,β-unsaturated/α-hetero) is 1. The predicted octanol–water partition coefficient (Wildman–Crippen LogP) is 0.923. The van der Waals surface area contributed by atoms with Crippen molar-refractivity contribution in [3.8, 4) is 0 Å². The molecule has 9 N–H and O–H groups in total. The summed E-state index contributed by atoms with van der Waals surface area (Å²) in [5.41, 5.74) is 5.98. The minimum atomic E-state index is -2.15. The minimum absolute atomic E-state index is 0.0197. The van der Waals surface area contributed by atoms with E-state index in [-0.39, 0.29) is 44.3 Å². The number of aliphatic carboxylic acids is 1. The van der Waals surface area contributed by atoms with Crippen LogP contribution in [0.4, 0.5) is 0 Å². The molecule has 0 amide bonds. The molecule has 52 heavy (non-hydrogen) atoms. The third-order valence-corrected chi connectivity index (χ3v) is 9.66. The molecule has 0 saturated carbocycles. The van der Waals surface area contributed by atoms with Crippen LogP contribution >= 0.6 is 0 Å². The van der Waals surface area contributed by atoms with Gasteiger partial charge in [0.25, 0.3) is 0 Å². The molecule has 3 heterocycles. The number of allylic oxidation sites excluding steroid dienone is 6. The maximum absolute atomic E-state index is 12.8. The molecule has 3 aliphatic heterocycles. The van der Waals surface area contributed by atoms with Gasteiger partial charge in [-0.2, -0.15) is 0 Å². The largest absolute Gasteiger partial charge is 0.481 e. The van der Waals surface area contributed by atoms with Crippen molar-refractivity contribution in [3.05, 3.63) is 48.6 Å². The molecule has 14 atom stereocenters. The Hall–Kier alpha value is -2.83. The number of esters is 1. The number of carbonyl (C=O) groups is 3. The summed E-state index contributed by atoms with van der Waals surface area (Å²) in [6.45, 7) is 5.00. The smallest absolute Gasteiger partial charge is 0.311 e. The van der Waals surface area contributed by atoms with E-state index in [4.69, 9.17) is 24.7 Å². The highest BCUT2D eigenvalue weighted by molar-refractivity contribution is 5.80. The van der Waals surface area contributed by atoms with E-state index in [1.54, 1.807) is 69.4 Å². The standard InChI is InChI=1S/C37H57NO14/c1-4-26-27(41)17-23(39)14-12-15-24(40)19-37(48)20-28(42)30(34(45)46)29(52-37)18-25(51-36-33(44)31(38)32(43)22(3)50-36)16-11-9-7-5-6-8-10-13-21(2)49-35(26)47/h5-11,16,21-22,24-33,36,40-44,48H,4,12-15,17-20,38H2,1-3H3,(H,45,46)/b6-5+,9-7+,10-8+,16-11+/t21-,22-,24?,25+,26?,27?,28+,29?,30-,31+,32-,33+,36+,37-/m1/s1. The van der Waals surface area contributed by atoms with Gasteiger partial charge in [0.2, 0.25) is 0 Å². The minimum Gasteiger partial charge on any atom is -0.481 e. The summed E-state index contributed by atoms with van der Waals surface area (Å²) in [4.78, 5) is 37.8. The molecule has 0 spiro atoms. The highest BCUT2D eigenvalue weighted by Crippen LogP contribution is 2.38. The molecule has 0 aromatic carbocycles. The van der Waals surface area contributed by atoms with Crippen molar-refractivity contribution in [2.45, 2.75) is 152 Å². The molecule has 15 heteroatoms. The van der Waals surface area contributed by atoms with Crippen LogP contribution in [0.2, 0.25) is 0 Å². The van der Waals surface area contributed by atoms with E-state index in [2.05, 4.69) is 0 Å². The van der Waals surface area contributed by atoms with Crippen molar-refractivity contribution in [1.82, 2.24) is 0 Å². The molecule has 4 unspecified atom stereocenters. The van der Waals surface area contributed by atoms with Gasteiger partial charge in [-0.3, -0.25) is 14.4 Å². The van der Waals surface area contributed by atoms with Crippen LogP contribution in [0.25, 0.3) is 0 Å². The molecule has 0 aliphatic carbocycles. The normalized spacial score (nSPS) is 43.5. The summed E-state index contributed by atoms with van der Waals surface area (Å²) in [6, 6.07) is -1.10.